The van der Waals surface area contributed by atoms with Gasteiger partial charge in [-0.25, -0.2) is 0 Å². The second-order valence-corrected chi connectivity index (χ2v) is 4.79. The number of rotatable bonds is 3. The van der Waals surface area contributed by atoms with E-state index in [1.54, 1.807) is 0 Å². The molecule has 5 heteroatoms. The molecule has 0 aromatic carbocycles. The Hall–Kier alpha value is -0.650. The average Bonchev–Trinajstić information content (AvgIpc) is 2.05. The fraction of sp³-hybridized carbons (Fsp3) is 0.900. The van der Waals surface area contributed by atoms with Gasteiger partial charge in [0.05, 0.1) is 5.60 Å². The molecule has 0 bridgehead atoms. The SMILES string of the molecule is CC(C)(C)OC(O)NC1CCC(=O)NC1. The summed E-state index contributed by atoms with van der Waals surface area (Å²) in [5.41, 5.74) is -0.385. The maximum Gasteiger partial charge on any atom is 0.220 e. The predicted octanol–water partition coefficient (Wildman–Crippen LogP) is -0.0544. The first kappa shape index (κ1) is 12.4. The molecule has 1 heterocycles. The van der Waals surface area contributed by atoms with Crippen molar-refractivity contribution >= 4 is 5.91 Å². The van der Waals surface area contributed by atoms with Crippen molar-refractivity contribution in [1.29, 1.82) is 0 Å². The second-order valence-electron chi connectivity index (χ2n) is 4.79. The van der Waals surface area contributed by atoms with Crippen molar-refractivity contribution in [3.8, 4) is 0 Å². The Balaban J connectivity index is 2.26. The van der Waals surface area contributed by atoms with Gasteiger partial charge in [-0.2, -0.15) is 0 Å². The van der Waals surface area contributed by atoms with Crippen LogP contribution in [0.3, 0.4) is 0 Å². The molecule has 1 saturated heterocycles. The molecule has 1 aliphatic heterocycles. The molecule has 0 radical (unpaired) electrons. The lowest BCUT2D eigenvalue weighted by atomic mass is 10.1. The van der Waals surface area contributed by atoms with E-state index >= 15 is 0 Å². The number of amides is 1. The summed E-state index contributed by atoms with van der Waals surface area (Å²) in [6.07, 6.45) is 0.251. The van der Waals surface area contributed by atoms with Gasteiger partial charge in [-0.1, -0.05) is 0 Å². The van der Waals surface area contributed by atoms with Gasteiger partial charge in [-0.15, -0.1) is 0 Å². The van der Waals surface area contributed by atoms with Crippen molar-refractivity contribution in [2.24, 2.45) is 0 Å². The van der Waals surface area contributed by atoms with Crippen LogP contribution in [0.4, 0.5) is 0 Å². The minimum absolute atomic E-state index is 0.0688. The van der Waals surface area contributed by atoms with Gasteiger partial charge in [0.1, 0.15) is 0 Å². The van der Waals surface area contributed by atoms with Gasteiger partial charge >= 0.3 is 0 Å². The summed E-state index contributed by atoms with van der Waals surface area (Å²) in [5.74, 6) is 0.0688. The number of piperidine rings is 1. The first-order valence-corrected chi connectivity index (χ1v) is 5.25. The zero-order valence-electron chi connectivity index (χ0n) is 9.54. The fourth-order valence-electron chi connectivity index (χ4n) is 1.45. The van der Waals surface area contributed by atoms with Crippen LogP contribution in [0.2, 0.25) is 0 Å². The average molecular weight is 216 g/mol. The van der Waals surface area contributed by atoms with Gasteiger partial charge in [0.2, 0.25) is 12.3 Å². The van der Waals surface area contributed by atoms with E-state index in [0.29, 0.717) is 13.0 Å². The number of carbonyl (C=O) groups is 1. The lowest BCUT2D eigenvalue weighted by molar-refractivity contribution is -0.186. The van der Waals surface area contributed by atoms with Crippen molar-refractivity contribution in [3.05, 3.63) is 0 Å². The Morgan fingerprint density at radius 1 is 1.60 bits per heavy atom. The minimum atomic E-state index is -0.981. The Kier molecular flexibility index (Phi) is 4.07. The zero-order valence-corrected chi connectivity index (χ0v) is 9.54. The number of nitrogens with one attached hydrogen (secondary N) is 2. The third-order valence-electron chi connectivity index (χ3n) is 2.11. The molecule has 2 unspecified atom stereocenters. The third-order valence-corrected chi connectivity index (χ3v) is 2.11. The van der Waals surface area contributed by atoms with Crippen LogP contribution in [0, 0.1) is 0 Å². The van der Waals surface area contributed by atoms with Crippen LogP contribution in [0.5, 0.6) is 0 Å². The molecule has 1 fully saturated rings. The van der Waals surface area contributed by atoms with Crippen molar-refractivity contribution < 1.29 is 14.6 Å². The second kappa shape index (κ2) is 4.92. The standard InChI is InChI=1S/C10H20N2O3/c1-10(2,3)15-9(14)12-7-4-5-8(13)11-6-7/h7,9,12,14H,4-6H2,1-3H3,(H,11,13). The summed E-state index contributed by atoms with van der Waals surface area (Å²) >= 11 is 0. The highest BCUT2D eigenvalue weighted by Gasteiger charge is 2.22. The van der Waals surface area contributed by atoms with Crippen LogP contribution in [-0.4, -0.2) is 35.6 Å². The van der Waals surface area contributed by atoms with E-state index < -0.39 is 6.41 Å². The summed E-state index contributed by atoms with van der Waals surface area (Å²) < 4.78 is 5.30. The van der Waals surface area contributed by atoms with Crippen LogP contribution in [0.15, 0.2) is 0 Å². The molecular formula is C10H20N2O3. The smallest absolute Gasteiger partial charge is 0.220 e. The highest BCUT2D eigenvalue weighted by Crippen LogP contribution is 2.10. The Labute approximate surface area is 90.2 Å². The number of ether oxygens (including phenoxy) is 1. The van der Waals surface area contributed by atoms with Crippen molar-refractivity contribution in [3.63, 3.8) is 0 Å². The normalized spacial score (nSPS) is 24.8. The molecule has 1 aliphatic rings. The molecule has 0 aliphatic carbocycles. The summed E-state index contributed by atoms with van der Waals surface area (Å²) in [4.78, 5) is 10.9. The van der Waals surface area contributed by atoms with E-state index in [1.807, 2.05) is 20.8 Å². The maximum atomic E-state index is 10.9. The first-order chi connectivity index (χ1) is 6.87. The molecule has 0 saturated carbocycles. The topological polar surface area (TPSA) is 70.6 Å². The molecule has 3 N–H and O–H groups in total. The number of hydrogen-bond donors (Lipinski definition) is 3. The largest absolute Gasteiger partial charge is 0.356 e. The minimum Gasteiger partial charge on any atom is -0.356 e. The predicted molar refractivity (Wildman–Crippen MR) is 56.0 cm³/mol. The summed E-state index contributed by atoms with van der Waals surface area (Å²) in [7, 11) is 0. The molecule has 5 nitrogen and oxygen atoms in total. The molecule has 1 rings (SSSR count). The van der Waals surface area contributed by atoms with Crippen LogP contribution in [-0.2, 0) is 9.53 Å². The maximum absolute atomic E-state index is 10.9. The van der Waals surface area contributed by atoms with E-state index in [-0.39, 0.29) is 17.6 Å². The highest BCUT2D eigenvalue weighted by atomic mass is 16.6. The van der Waals surface area contributed by atoms with Crippen molar-refractivity contribution in [1.82, 2.24) is 10.6 Å². The van der Waals surface area contributed by atoms with Gasteiger partial charge < -0.3 is 15.2 Å². The lowest BCUT2D eigenvalue weighted by Crippen LogP contribution is -2.51. The third kappa shape index (κ3) is 5.11. The van der Waals surface area contributed by atoms with Gasteiger partial charge in [0, 0.05) is 19.0 Å². The van der Waals surface area contributed by atoms with Crippen LogP contribution in [0.25, 0.3) is 0 Å². The Morgan fingerprint density at radius 3 is 2.73 bits per heavy atom. The quantitative estimate of drug-likeness (QED) is 0.578. The summed E-state index contributed by atoms with van der Waals surface area (Å²) in [6.45, 7) is 6.17. The molecule has 0 aromatic heterocycles. The summed E-state index contributed by atoms with van der Waals surface area (Å²) in [5, 5.41) is 15.2. The van der Waals surface area contributed by atoms with E-state index in [0.717, 1.165) is 6.42 Å². The summed E-state index contributed by atoms with van der Waals surface area (Å²) in [6, 6.07) is 0.0834. The highest BCUT2D eigenvalue weighted by molar-refractivity contribution is 5.76. The lowest BCUT2D eigenvalue weighted by Gasteiger charge is -2.29. The Morgan fingerprint density at radius 2 is 2.27 bits per heavy atom. The van der Waals surface area contributed by atoms with Gasteiger partial charge in [0.15, 0.2) is 0 Å². The number of hydrogen-bond acceptors (Lipinski definition) is 4. The van der Waals surface area contributed by atoms with Crippen molar-refractivity contribution in [2.75, 3.05) is 6.54 Å². The number of aliphatic hydroxyl groups is 1. The molecular weight excluding hydrogens is 196 g/mol. The van der Waals surface area contributed by atoms with E-state index in [9.17, 15) is 9.90 Å². The molecule has 0 aromatic rings. The molecule has 2 atom stereocenters. The van der Waals surface area contributed by atoms with E-state index in [2.05, 4.69) is 10.6 Å². The molecule has 15 heavy (non-hydrogen) atoms. The number of aliphatic hydroxyl groups excluding tert-OH is 1. The van der Waals surface area contributed by atoms with Crippen LogP contribution in [0.1, 0.15) is 33.6 Å². The molecule has 0 spiro atoms. The van der Waals surface area contributed by atoms with E-state index in [1.165, 1.54) is 0 Å². The van der Waals surface area contributed by atoms with Gasteiger partial charge in [0.25, 0.3) is 0 Å². The fourth-order valence-corrected chi connectivity index (χ4v) is 1.45. The van der Waals surface area contributed by atoms with Crippen LogP contribution >= 0.6 is 0 Å². The van der Waals surface area contributed by atoms with Gasteiger partial charge in [-0.3, -0.25) is 10.1 Å². The van der Waals surface area contributed by atoms with Gasteiger partial charge in [-0.05, 0) is 27.2 Å². The van der Waals surface area contributed by atoms with Crippen molar-refractivity contribution in [2.45, 2.75) is 51.7 Å². The molecule has 1 amide bonds. The monoisotopic (exact) mass is 216 g/mol. The van der Waals surface area contributed by atoms with Crippen LogP contribution < -0.4 is 10.6 Å². The zero-order chi connectivity index (χ0) is 11.5. The molecule has 88 valence electrons. The van der Waals surface area contributed by atoms with E-state index in [4.69, 9.17) is 4.74 Å². The Bertz CT molecular complexity index is 215. The first-order valence-electron chi connectivity index (χ1n) is 5.25. The number of carbonyl (C=O) groups excluding carboxylic acids is 1.